The van der Waals surface area contributed by atoms with Crippen LogP contribution in [0.3, 0.4) is 0 Å². The predicted molar refractivity (Wildman–Crippen MR) is 79.5 cm³/mol. The van der Waals surface area contributed by atoms with Crippen molar-refractivity contribution in [3.05, 3.63) is 33.9 Å². The number of amides is 1. The van der Waals surface area contributed by atoms with E-state index in [4.69, 9.17) is 5.11 Å². The summed E-state index contributed by atoms with van der Waals surface area (Å²) >= 11 is 0. The summed E-state index contributed by atoms with van der Waals surface area (Å²) < 4.78 is 0. The number of non-ortho nitro benzene ring substituents is 1. The lowest BCUT2D eigenvalue weighted by Crippen LogP contribution is -2.18. The minimum absolute atomic E-state index is 0.0475. The first kappa shape index (κ1) is 16.6. The molecule has 1 aromatic rings. The highest BCUT2D eigenvalue weighted by molar-refractivity contribution is 5.90. The number of rotatable bonds is 7. The molecule has 8 nitrogen and oxygen atoms in total. The number of hydrazone groups is 1. The molecule has 0 atom stereocenters. The van der Waals surface area contributed by atoms with Gasteiger partial charge in [0, 0.05) is 50.5 Å². The van der Waals surface area contributed by atoms with E-state index in [2.05, 4.69) is 10.5 Å². The average molecular weight is 294 g/mol. The smallest absolute Gasteiger partial charge is 0.270 e. The van der Waals surface area contributed by atoms with Crippen LogP contribution in [0.15, 0.2) is 23.3 Å². The maximum atomic E-state index is 11.3. The number of aliphatic hydroxyl groups excluding tert-OH is 1. The molecule has 0 fully saturated rings. The number of nitrogens with one attached hydrogen (secondary N) is 1. The van der Waals surface area contributed by atoms with Gasteiger partial charge in [-0.1, -0.05) is 0 Å². The Morgan fingerprint density at radius 3 is 2.81 bits per heavy atom. The first-order valence-corrected chi connectivity index (χ1v) is 6.34. The lowest BCUT2D eigenvalue weighted by molar-refractivity contribution is -0.384. The summed E-state index contributed by atoms with van der Waals surface area (Å²) in [6.07, 6.45) is 1.89. The van der Waals surface area contributed by atoms with E-state index in [1.807, 2.05) is 0 Å². The van der Waals surface area contributed by atoms with Crippen LogP contribution in [0, 0.1) is 10.1 Å². The Morgan fingerprint density at radius 1 is 1.52 bits per heavy atom. The molecule has 0 heterocycles. The molecule has 21 heavy (non-hydrogen) atoms. The lowest BCUT2D eigenvalue weighted by atomic mass is 10.1. The summed E-state index contributed by atoms with van der Waals surface area (Å²) in [6.45, 7) is -0.0627. The molecule has 1 aromatic carbocycles. The lowest BCUT2D eigenvalue weighted by Gasteiger charge is -2.14. The number of anilines is 1. The largest absolute Gasteiger partial charge is 0.396 e. The van der Waals surface area contributed by atoms with Gasteiger partial charge in [0.1, 0.15) is 0 Å². The second-order valence-electron chi connectivity index (χ2n) is 4.51. The topological polar surface area (TPSA) is 108 Å². The van der Waals surface area contributed by atoms with Crippen molar-refractivity contribution in [3.8, 4) is 0 Å². The van der Waals surface area contributed by atoms with Crippen molar-refractivity contribution in [2.24, 2.45) is 5.10 Å². The van der Waals surface area contributed by atoms with Gasteiger partial charge >= 0.3 is 0 Å². The van der Waals surface area contributed by atoms with Crippen molar-refractivity contribution < 1.29 is 14.8 Å². The first-order valence-electron chi connectivity index (χ1n) is 6.34. The van der Waals surface area contributed by atoms with E-state index in [9.17, 15) is 14.9 Å². The van der Waals surface area contributed by atoms with Crippen LogP contribution in [-0.2, 0) is 4.79 Å². The minimum atomic E-state index is -0.489. The number of aliphatic hydroxyl groups is 1. The summed E-state index contributed by atoms with van der Waals surface area (Å²) in [5.41, 5.74) is 3.53. The number of carbonyl (C=O) groups excluding carboxylic acids is 1. The van der Waals surface area contributed by atoms with E-state index in [1.54, 1.807) is 25.1 Å². The van der Waals surface area contributed by atoms with E-state index in [-0.39, 0.29) is 24.6 Å². The SMILES string of the molecule is CN(C)c1ccc([N+](=O)[O-])cc1/C=N\NC(=O)CCCO. The molecule has 1 rings (SSSR count). The fourth-order valence-electron chi connectivity index (χ4n) is 1.64. The molecular formula is C13H18N4O4. The van der Waals surface area contributed by atoms with Crippen molar-refractivity contribution >= 4 is 23.5 Å². The molecule has 0 aliphatic carbocycles. The van der Waals surface area contributed by atoms with Gasteiger partial charge in [0.15, 0.2) is 0 Å². The van der Waals surface area contributed by atoms with Crippen LogP contribution < -0.4 is 10.3 Å². The monoisotopic (exact) mass is 294 g/mol. The highest BCUT2D eigenvalue weighted by atomic mass is 16.6. The Kier molecular flexibility index (Phi) is 6.28. The molecule has 0 saturated carbocycles. The van der Waals surface area contributed by atoms with Crippen LogP contribution in [0.5, 0.6) is 0 Å². The van der Waals surface area contributed by atoms with E-state index in [0.29, 0.717) is 12.0 Å². The summed E-state index contributed by atoms with van der Waals surface area (Å²) in [5, 5.41) is 23.2. The summed E-state index contributed by atoms with van der Waals surface area (Å²) in [7, 11) is 3.61. The van der Waals surface area contributed by atoms with Crippen molar-refractivity contribution in [2.75, 3.05) is 25.6 Å². The second-order valence-corrected chi connectivity index (χ2v) is 4.51. The van der Waals surface area contributed by atoms with Crippen molar-refractivity contribution in [1.29, 1.82) is 0 Å². The van der Waals surface area contributed by atoms with Crippen LogP contribution in [0.2, 0.25) is 0 Å². The van der Waals surface area contributed by atoms with Gasteiger partial charge in [-0.05, 0) is 12.5 Å². The predicted octanol–water partition coefficient (Wildman–Crippen LogP) is 0.883. The first-order chi connectivity index (χ1) is 9.95. The maximum absolute atomic E-state index is 11.3. The molecule has 0 saturated heterocycles. The van der Waals surface area contributed by atoms with Gasteiger partial charge < -0.3 is 10.0 Å². The van der Waals surface area contributed by atoms with Gasteiger partial charge in [0.2, 0.25) is 5.91 Å². The summed E-state index contributed by atoms with van der Waals surface area (Å²) in [5.74, 6) is -0.322. The molecule has 0 radical (unpaired) electrons. The fraction of sp³-hybridized carbons (Fsp3) is 0.385. The maximum Gasteiger partial charge on any atom is 0.270 e. The van der Waals surface area contributed by atoms with E-state index in [1.165, 1.54) is 18.3 Å². The number of nitro benzene ring substituents is 1. The number of hydrogen-bond acceptors (Lipinski definition) is 6. The zero-order valence-corrected chi connectivity index (χ0v) is 11.9. The van der Waals surface area contributed by atoms with Crippen molar-refractivity contribution in [1.82, 2.24) is 5.43 Å². The molecule has 114 valence electrons. The fourth-order valence-corrected chi connectivity index (χ4v) is 1.64. The Labute approximate surface area is 122 Å². The quantitative estimate of drug-likeness (QED) is 0.441. The standard InChI is InChI=1S/C13H18N4O4/c1-16(2)12-6-5-11(17(20)21)8-10(12)9-14-15-13(19)4-3-7-18/h5-6,8-9,18H,3-4,7H2,1-2H3,(H,15,19)/b14-9-. The van der Waals surface area contributed by atoms with Gasteiger partial charge in [-0.3, -0.25) is 14.9 Å². The Hall–Kier alpha value is -2.48. The van der Waals surface area contributed by atoms with Gasteiger partial charge in [-0.25, -0.2) is 5.43 Å². The van der Waals surface area contributed by atoms with Crippen LogP contribution >= 0.6 is 0 Å². The average Bonchev–Trinajstić information content (AvgIpc) is 2.44. The number of hydrogen-bond donors (Lipinski definition) is 2. The van der Waals surface area contributed by atoms with Crippen LogP contribution in [-0.4, -0.2) is 42.9 Å². The molecule has 0 spiro atoms. The van der Waals surface area contributed by atoms with Crippen LogP contribution in [0.4, 0.5) is 11.4 Å². The highest BCUT2D eigenvalue weighted by Crippen LogP contribution is 2.22. The number of benzene rings is 1. The molecule has 0 unspecified atom stereocenters. The third-order valence-corrected chi connectivity index (χ3v) is 2.66. The van der Waals surface area contributed by atoms with Gasteiger partial charge in [0.05, 0.1) is 11.1 Å². The molecule has 8 heteroatoms. The van der Waals surface area contributed by atoms with E-state index < -0.39 is 4.92 Å². The molecule has 0 aliphatic heterocycles. The molecular weight excluding hydrogens is 276 g/mol. The Bertz CT molecular complexity index is 543. The Balaban J connectivity index is 2.86. The second kappa shape index (κ2) is 7.95. The molecule has 2 N–H and O–H groups in total. The van der Waals surface area contributed by atoms with Gasteiger partial charge in [-0.2, -0.15) is 5.10 Å². The zero-order chi connectivity index (χ0) is 15.8. The van der Waals surface area contributed by atoms with Gasteiger partial charge in [0.25, 0.3) is 5.69 Å². The summed E-state index contributed by atoms with van der Waals surface area (Å²) in [4.78, 5) is 23.4. The molecule has 1 amide bonds. The van der Waals surface area contributed by atoms with Crippen molar-refractivity contribution in [2.45, 2.75) is 12.8 Å². The number of carbonyl (C=O) groups is 1. The number of nitro groups is 1. The normalized spacial score (nSPS) is 10.6. The zero-order valence-electron chi connectivity index (χ0n) is 11.9. The van der Waals surface area contributed by atoms with Crippen molar-refractivity contribution in [3.63, 3.8) is 0 Å². The molecule has 0 bridgehead atoms. The van der Waals surface area contributed by atoms with E-state index in [0.717, 1.165) is 5.69 Å². The third kappa shape index (κ3) is 5.19. The summed E-state index contributed by atoms with van der Waals surface area (Å²) in [6, 6.07) is 4.41. The van der Waals surface area contributed by atoms with Crippen LogP contribution in [0.25, 0.3) is 0 Å². The molecule has 0 aliphatic rings. The Morgan fingerprint density at radius 2 is 2.24 bits per heavy atom. The van der Waals surface area contributed by atoms with E-state index >= 15 is 0 Å². The molecule has 0 aromatic heterocycles. The highest BCUT2D eigenvalue weighted by Gasteiger charge is 2.10. The number of nitrogens with zero attached hydrogens (tertiary/aromatic N) is 3. The van der Waals surface area contributed by atoms with Crippen LogP contribution in [0.1, 0.15) is 18.4 Å². The van der Waals surface area contributed by atoms with Gasteiger partial charge in [-0.15, -0.1) is 0 Å². The minimum Gasteiger partial charge on any atom is -0.396 e. The third-order valence-electron chi connectivity index (χ3n) is 2.66.